The summed E-state index contributed by atoms with van der Waals surface area (Å²) >= 11 is 7.44. The maximum absolute atomic E-state index is 14.6. The second kappa shape index (κ2) is 28.7. The molecule has 1 aliphatic carbocycles. The summed E-state index contributed by atoms with van der Waals surface area (Å²) in [6, 6.07) is 17.4. The predicted octanol–water partition coefficient (Wildman–Crippen LogP) is 11.5. The number of aliphatic carboxylic acids is 1. The third-order valence-electron chi connectivity index (χ3n) is 16.2. The minimum atomic E-state index is -1.14. The van der Waals surface area contributed by atoms with Gasteiger partial charge in [0.15, 0.2) is 11.6 Å². The van der Waals surface area contributed by atoms with Crippen LogP contribution in [0, 0.1) is 24.7 Å². The van der Waals surface area contributed by atoms with Crippen LogP contribution in [0.25, 0.3) is 43.4 Å². The molecule has 29 heteroatoms. The van der Waals surface area contributed by atoms with Gasteiger partial charge in [-0.3, -0.25) is 38.5 Å². The number of carbonyl (C=O) groups is 8. The van der Waals surface area contributed by atoms with Crippen LogP contribution in [0.3, 0.4) is 0 Å². The second-order valence-corrected chi connectivity index (χ2v) is 28.5. The van der Waals surface area contributed by atoms with E-state index in [1.807, 2.05) is 61.9 Å². The number of nitrogens with one attached hydrogen (secondary N) is 4. The van der Waals surface area contributed by atoms with Crippen molar-refractivity contribution >= 4 is 127 Å². The summed E-state index contributed by atoms with van der Waals surface area (Å²) < 4.78 is 5.51. The van der Waals surface area contributed by atoms with Crippen LogP contribution < -0.4 is 26.2 Å². The van der Waals surface area contributed by atoms with E-state index in [1.165, 1.54) is 111 Å². The van der Waals surface area contributed by atoms with Gasteiger partial charge in [0.1, 0.15) is 59.2 Å². The van der Waals surface area contributed by atoms with Gasteiger partial charge >= 0.3 is 11.9 Å². The van der Waals surface area contributed by atoms with Gasteiger partial charge in [-0.15, -0.1) is 68.0 Å². The highest BCUT2D eigenvalue weighted by Gasteiger charge is 2.36. The first kappa shape index (κ1) is 65.8. The molecular weight excluding hydrogens is 1310 g/mol. The Labute approximate surface area is 557 Å². The Kier molecular flexibility index (Phi) is 20.3. The monoisotopic (exact) mass is 1370 g/mol. The number of amides is 5. The lowest BCUT2D eigenvalue weighted by molar-refractivity contribution is -0.144. The van der Waals surface area contributed by atoms with Crippen LogP contribution in [-0.4, -0.2) is 113 Å². The summed E-state index contributed by atoms with van der Waals surface area (Å²) in [6.07, 6.45) is 1.06. The average molecular weight is 1370 g/mol. The zero-order chi connectivity index (χ0) is 65.8. The molecule has 11 rings (SSSR count). The molecule has 1 fully saturated rings. The highest BCUT2D eigenvalue weighted by Crippen LogP contribution is 2.43. The van der Waals surface area contributed by atoms with Crippen LogP contribution in [0.2, 0.25) is 0 Å². The lowest BCUT2D eigenvalue weighted by atomic mass is 9.81. The lowest BCUT2D eigenvalue weighted by Crippen LogP contribution is -2.40. The minimum Gasteiger partial charge on any atom is -0.481 e. The molecule has 9 aromatic rings. The molecular formula is C64H62N12O11S6. The number of carbonyl (C=O) groups excluding carboxylic acids is 6. The molecule has 480 valence electrons. The van der Waals surface area contributed by atoms with Crippen molar-refractivity contribution < 1.29 is 53.3 Å². The molecule has 8 heterocycles. The Morgan fingerprint density at radius 1 is 0.677 bits per heavy atom. The van der Waals surface area contributed by atoms with Gasteiger partial charge in [-0.2, -0.15) is 0 Å². The molecule has 0 saturated heterocycles. The number of carboxylic acids is 2. The maximum atomic E-state index is 14.6. The van der Waals surface area contributed by atoms with Crippen molar-refractivity contribution in [1.29, 1.82) is 0 Å². The van der Waals surface area contributed by atoms with Crippen molar-refractivity contribution in [2.24, 2.45) is 17.8 Å². The summed E-state index contributed by atoms with van der Waals surface area (Å²) in [5, 5.41) is 40.6. The van der Waals surface area contributed by atoms with E-state index in [0.717, 1.165) is 5.56 Å². The highest BCUT2D eigenvalue weighted by molar-refractivity contribution is 7.15. The summed E-state index contributed by atoms with van der Waals surface area (Å²) in [7, 11) is 2.98. The topological polar surface area (TPSA) is 328 Å². The number of carboxylic acid groups (broad SMARTS) is 2. The van der Waals surface area contributed by atoms with E-state index >= 15 is 0 Å². The number of pyridine rings is 1. The van der Waals surface area contributed by atoms with Crippen molar-refractivity contribution in [2.45, 2.75) is 96.7 Å². The average Bonchev–Trinajstić information content (AvgIpc) is 1.88. The molecule has 0 spiro atoms. The smallest absolute Gasteiger partial charge is 0.335 e. The normalized spacial score (nSPS) is 18.4. The molecule has 1 saturated carbocycles. The molecule has 10 bridgehead atoms. The third-order valence-corrected chi connectivity index (χ3v) is 22.0. The molecule has 93 heavy (non-hydrogen) atoms. The fraction of sp³-hybridized carbons (Fsp3) is 0.328. The van der Waals surface area contributed by atoms with Crippen LogP contribution in [0.1, 0.15) is 155 Å². The summed E-state index contributed by atoms with van der Waals surface area (Å²) in [6.45, 7) is 7.28. The number of aromatic nitrogens is 7. The Balaban J connectivity index is 0.995. The Bertz CT molecular complexity index is 4300. The molecule has 2 aromatic carbocycles. The first-order chi connectivity index (χ1) is 44.7. The fourth-order valence-electron chi connectivity index (χ4n) is 11.1. The van der Waals surface area contributed by atoms with Crippen molar-refractivity contribution in [1.82, 2.24) is 56.2 Å². The molecule has 0 radical (unpaired) electrons. The number of aryl methyl sites for hydroxylation is 1. The van der Waals surface area contributed by atoms with Crippen LogP contribution in [0.5, 0.6) is 0 Å². The number of Topliss-reactive ketones (excluding diaryl/α,β-unsaturated/α-hetero) is 1. The van der Waals surface area contributed by atoms with E-state index in [1.54, 1.807) is 29.8 Å². The van der Waals surface area contributed by atoms with E-state index in [2.05, 4.69) is 21.3 Å². The van der Waals surface area contributed by atoms with E-state index in [4.69, 9.17) is 39.6 Å². The number of methoxy groups -OCH3 is 1. The number of aromatic carboxylic acids is 1. The number of hydrogen-bond acceptors (Lipinski definition) is 22. The summed E-state index contributed by atoms with van der Waals surface area (Å²) in [5.74, 6) is -6.53. The number of hydrogen-bond donors (Lipinski definition) is 6. The number of nitrogens with zero attached hydrogens (tertiary/aromatic N) is 8. The van der Waals surface area contributed by atoms with Gasteiger partial charge in [0.05, 0.1) is 64.4 Å². The summed E-state index contributed by atoms with van der Waals surface area (Å²) in [5.41, 5.74) is 3.70. The van der Waals surface area contributed by atoms with Crippen LogP contribution in [0.15, 0.2) is 88.3 Å². The Hall–Kier alpha value is -8.71. The minimum absolute atomic E-state index is 0.0180. The number of ether oxygens (including phenoxy) is 1. The first-order valence-electron chi connectivity index (χ1n) is 29.6. The SMILES string of the molecule is CNC(=O)C[C@@H]1NC(=O)c2csc(n2)-c2ccc(-c3nc(N(C(=O)C4CCC(C(=O)O)CC4)c4ccc(C(=O)O)cc4)cs3)nc2-c2csc(n2)-c2csc(n2)[C@H]([C@@H](C)c2ccccc2)NC(=O)CNC(=O)c2nc(sc2COC)C(C(C)C)CC(=O)c2nc1sc2C. The number of thiazole rings is 6. The Morgan fingerprint density at radius 2 is 1.35 bits per heavy atom. The zero-order valence-electron chi connectivity index (χ0n) is 51.0. The predicted molar refractivity (Wildman–Crippen MR) is 355 cm³/mol. The quantitative estimate of drug-likeness (QED) is 0.0624. The van der Waals surface area contributed by atoms with Gasteiger partial charge in [0.25, 0.3) is 11.8 Å². The van der Waals surface area contributed by atoms with E-state index in [0.29, 0.717) is 99.5 Å². The van der Waals surface area contributed by atoms with Crippen molar-refractivity contribution in [3.8, 4) is 43.4 Å². The molecule has 2 aliphatic rings. The first-order valence-corrected chi connectivity index (χ1v) is 34.8. The molecule has 6 N–H and O–H groups in total. The molecule has 1 aliphatic heterocycles. The zero-order valence-corrected chi connectivity index (χ0v) is 55.9. The Morgan fingerprint density at radius 3 is 2.06 bits per heavy atom. The van der Waals surface area contributed by atoms with Gasteiger partial charge in [0.2, 0.25) is 17.7 Å². The third kappa shape index (κ3) is 14.6. The molecule has 4 atom stereocenters. The van der Waals surface area contributed by atoms with Gasteiger partial charge in [-0.05, 0) is 80.5 Å². The fourth-order valence-corrected chi connectivity index (χ4v) is 16.7. The molecule has 7 aromatic heterocycles. The molecule has 5 amide bonds. The van der Waals surface area contributed by atoms with E-state index < -0.39 is 71.9 Å². The van der Waals surface area contributed by atoms with E-state index in [9.17, 15) is 48.6 Å². The number of benzene rings is 2. The van der Waals surface area contributed by atoms with Gasteiger partial charge in [-0.25, -0.2) is 39.7 Å². The van der Waals surface area contributed by atoms with Crippen molar-refractivity contribution in [3.05, 3.63) is 141 Å². The van der Waals surface area contributed by atoms with Crippen LogP contribution in [0.4, 0.5) is 11.5 Å². The summed E-state index contributed by atoms with van der Waals surface area (Å²) in [4.78, 5) is 146. The van der Waals surface area contributed by atoms with Gasteiger partial charge < -0.3 is 36.2 Å². The largest absolute Gasteiger partial charge is 0.481 e. The van der Waals surface area contributed by atoms with E-state index in [-0.39, 0.29) is 71.4 Å². The second-order valence-electron chi connectivity index (χ2n) is 22.7. The van der Waals surface area contributed by atoms with Crippen LogP contribution >= 0.6 is 68.0 Å². The maximum Gasteiger partial charge on any atom is 0.335 e. The van der Waals surface area contributed by atoms with Crippen molar-refractivity contribution in [2.75, 3.05) is 25.6 Å². The standard InChI is InChI=1S/C64H62N12O11S6/c1-30(2)39-22-45(77)51-32(4)92-60(74-51)41(23-48(78)65-5)68-54(80)43-27-88-56(70-43)38-20-21-40(58-72-47(29-91-58)76(37-18-16-36(17-19-37)64(85)86)62(82)34-12-14-35(15-13-34)63(83)84)67-52(38)42-26-89-59(69-42)44-28-90-61(71-44)50(31(3)33-10-8-7-9-11-33)73-49(79)24-66-55(81)53-46(25-87-6)93-57(39)75-53/h7-11,16-21,26-31,34-35,39,41,50H,12-15,22-25H2,1-6H3,(H,65,78)(H,66,81)(H,68,80)(H,73,79)(H,83,84)(H,85,86)/t31-,34?,35?,39?,41-,50-/m0/s1. The van der Waals surface area contributed by atoms with Crippen LogP contribution in [-0.2, 0) is 30.5 Å². The number of anilines is 2. The van der Waals surface area contributed by atoms with Crippen molar-refractivity contribution in [3.63, 3.8) is 0 Å². The lowest BCUT2D eigenvalue weighted by Gasteiger charge is -2.30. The van der Waals surface area contributed by atoms with Gasteiger partial charge in [-0.1, -0.05) is 51.1 Å². The number of rotatable bonds is 13. The highest BCUT2D eigenvalue weighted by atomic mass is 32.1. The number of fused-ring (bicyclic) bond motifs is 14. The number of ketones is 1. The molecule has 23 nitrogen and oxygen atoms in total. The van der Waals surface area contributed by atoms with Gasteiger partial charge in [0, 0.05) is 70.3 Å². The molecule has 1 unspecified atom stereocenters.